The fourth-order valence-corrected chi connectivity index (χ4v) is 3.32. The maximum absolute atomic E-state index is 11.5. The van der Waals surface area contributed by atoms with Crippen LogP contribution in [-0.4, -0.2) is 22.4 Å². The molecule has 1 saturated carbocycles. The number of hydrogen-bond donors (Lipinski definition) is 2. The Morgan fingerprint density at radius 1 is 1.32 bits per heavy atom. The van der Waals surface area contributed by atoms with Gasteiger partial charge in [0.1, 0.15) is 0 Å². The van der Waals surface area contributed by atoms with E-state index in [0.29, 0.717) is 17.3 Å². The molecule has 112 valence electrons. The summed E-state index contributed by atoms with van der Waals surface area (Å²) in [5.74, 6) is 0.870. The molecule has 2 N–H and O–H groups in total. The monoisotopic (exact) mass is 312 g/mol. The van der Waals surface area contributed by atoms with Crippen LogP contribution in [0.5, 0.6) is 0 Å². The average molecular weight is 312 g/mol. The number of hydrogen-bond acceptors (Lipinski definition) is 5. The molecule has 1 aliphatic carbocycles. The molecule has 5 nitrogen and oxygen atoms in total. The van der Waals surface area contributed by atoms with Gasteiger partial charge in [0.05, 0.1) is 0 Å². The number of nitrogens with two attached hydrogens (primary N) is 1. The Hall–Kier alpha value is -2.08. The van der Waals surface area contributed by atoms with Crippen molar-refractivity contribution in [3.05, 3.63) is 47.3 Å². The quantitative estimate of drug-likeness (QED) is 0.852. The van der Waals surface area contributed by atoms with Gasteiger partial charge in [-0.15, -0.1) is 0 Å². The lowest BCUT2D eigenvalue weighted by atomic mass is 9.97. The van der Waals surface area contributed by atoms with Gasteiger partial charge in [0.15, 0.2) is 0 Å². The molecule has 1 fully saturated rings. The molecule has 4 rings (SSSR count). The highest BCUT2D eigenvalue weighted by Gasteiger charge is 2.52. The van der Waals surface area contributed by atoms with Crippen molar-refractivity contribution in [2.45, 2.75) is 24.0 Å². The zero-order valence-electron chi connectivity index (χ0n) is 12.0. The summed E-state index contributed by atoms with van der Waals surface area (Å²) >= 11 is 4.23. The van der Waals surface area contributed by atoms with Gasteiger partial charge in [-0.25, -0.2) is 9.97 Å². The summed E-state index contributed by atoms with van der Waals surface area (Å²) in [5.41, 5.74) is 9.41. The summed E-state index contributed by atoms with van der Waals surface area (Å²) in [4.78, 5) is 22.5. The zero-order valence-corrected chi connectivity index (χ0v) is 12.9. The second-order valence-electron chi connectivity index (χ2n) is 6.01. The average Bonchev–Trinajstić information content (AvgIpc) is 3.25. The van der Waals surface area contributed by atoms with Gasteiger partial charge in [-0.1, -0.05) is 6.07 Å². The molecule has 2 aliphatic rings. The molecule has 0 saturated heterocycles. The lowest BCUT2D eigenvalue weighted by molar-refractivity contribution is 0.100. The summed E-state index contributed by atoms with van der Waals surface area (Å²) < 4.78 is 0. The topological polar surface area (TPSA) is 72.1 Å². The number of thiol groups is 1. The fourth-order valence-electron chi connectivity index (χ4n) is 3.16. The van der Waals surface area contributed by atoms with Crippen LogP contribution >= 0.6 is 12.6 Å². The van der Waals surface area contributed by atoms with Crippen LogP contribution in [0.1, 0.15) is 34.3 Å². The Kier molecular flexibility index (Phi) is 2.91. The minimum Gasteiger partial charge on any atom is -0.366 e. The van der Waals surface area contributed by atoms with Crippen molar-refractivity contribution < 1.29 is 4.79 Å². The van der Waals surface area contributed by atoms with E-state index in [-0.39, 0.29) is 5.41 Å². The first-order valence-corrected chi connectivity index (χ1v) is 7.90. The van der Waals surface area contributed by atoms with Crippen molar-refractivity contribution in [2.24, 2.45) is 5.73 Å². The molecule has 2 aromatic rings. The van der Waals surface area contributed by atoms with Crippen molar-refractivity contribution in [3.8, 4) is 0 Å². The Morgan fingerprint density at radius 2 is 2.05 bits per heavy atom. The van der Waals surface area contributed by atoms with E-state index in [1.54, 1.807) is 12.4 Å². The van der Waals surface area contributed by atoms with Gasteiger partial charge < -0.3 is 10.6 Å². The van der Waals surface area contributed by atoms with Gasteiger partial charge in [0.2, 0.25) is 11.9 Å². The molecule has 1 aromatic carbocycles. The van der Waals surface area contributed by atoms with Crippen LogP contribution in [-0.2, 0) is 11.2 Å². The number of aromatic nitrogens is 2. The molecule has 1 spiro atoms. The van der Waals surface area contributed by atoms with E-state index in [2.05, 4.69) is 27.5 Å². The van der Waals surface area contributed by atoms with Crippen molar-refractivity contribution in [2.75, 3.05) is 11.4 Å². The number of anilines is 2. The minimum absolute atomic E-state index is 0.205. The smallest absolute Gasteiger partial charge is 0.248 e. The van der Waals surface area contributed by atoms with Crippen molar-refractivity contribution >= 4 is 30.2 Å². The van der Waals surface area contributed by atoms with Gasteiger partial charge in [-0.2, -0.15) is 12.6 Å². The molecule has 1 aromatic heterocycles. The number of benzene rings is 1. The predicted octanol–water partition coefficient (Wildman–Crippen LogP) is 2.19. The number of carbonyl (C=O) groups is 1. The van der Waals surface area contributed by atoms with Gasteiger partial charge in [0.25, 0.3) is 0 Å². The standard InChI is InChI=1S/C16H16N4OS/c17-14(21)11-1-2-12-13(5-11)20(9-16(12)3-4-16)15-18-6-10(8-22)7-19-15/h1-2,5-7,22H,3-4,8-9H2,(H2,17,21). The van der Waals surface area contributed by atoms with E-state index in [4.69, 9.17) is 5.73 Å². The number of carbonyl (C=O) groups excluding carboxylic acids is 1. The largest absolute Gasteiger partial charge is 0.366 e. The zero-order chi connectivity index (χ0) is 15.3. The van der Waals surface area contributed by atoms with Crippen LogP contribution < -0.4 is 10.6 Å². The van der Waals surface area contributed by atoms with E-state index in [9.17, 15) is 4.79 Å². The van der Waals surface area contributed by atoms with Gasteiger partial charge >= 0.3 is 0 Å². The lowest BCUT2D eigenvalue weighted by Crippen LogP contribution is -2.21. The Labute approximate surface area is 134 Å². The first-order valence-electron chi connectivity index (χ1n) is 7.27. The van der Waals surface area contributed by atoms with E-state index in [1.165, 1.54) is 18.4 Å². The first kappa shape index (κ1) is 13.6. The normalized spacial score (nSPS) is 17.6. The highest BCUT2D eigenvalue weighted by Crippen LogP contribution is 2.57. The first-order chi connectivity index (χ1) is 10.6. The van der Waals surface area contributed by atoms with Gasteiger partial charge in [-0.05, 0) is 36.1 Å². The van der Waals surface area contributed by atoms with E-state index >= 15 is 0 Å². The molecular formula is C16H16N4OS. The highest BCUT2D eigenvalue weighted by molar-refractivity contribution is 7.79. The Morgan fingerprint density at radius 3 is 2.64 bits per heavy atom. The van der Waals surface area contributed by atoms with E-state index < -0.39 is 5.91 Å². The van der Waals surface area contributed by atoms with Gasteiger partial charge in [0, 0.05) is 41.4 Å². The number of fused-ring (bicyclic) bond motifs is 2. The Bertz CT molecular complexity index is 755. The SMILES string of the molecule is NC(=O)c1ccc2c(c1)N(c1ncc(CS)cn1)CC21CC1. The number of nitrogens with zero attached hydrogens (tertiary/aromatic N) is 3. The van der Waals surface area contributed by atoms with Gasteiger partial charge in [-0.3, -0.25) is 4.79 Å². The molecule has 0 unspecified atom stereocenters. The molecule has 2 heterocycles. The molecule has 1 amide bonds. The van der Waals surface area contributed by atoms with E-state index in [0.717, 1.165) is 17.8 Å². The Balaban J connectivity index is 1.79. The van der Waals surface area contributed by atoms with Crippen LogP contribution in [0.2, 0.25) is 0 Å². The van der Waals surface area contributed by atoms with Crippen LogP contribution in [0.25, 0.3) is 0 Å². The molecule has 0 bridgehead atoms. The molecule has 0 atom stereocenters. The second-order valence-corrected chi connectivity index (χ2v) is 6.33. The van der Waals surface area contributed by atoms with Crippen LogP contribution in [0.4, 0.5) is 11.6 Å². The third-order valence-corrected chi connectivity index (χ3v) is 4.94. The summed E-state index contributed by atoms with van der Waals surface area (Å²) in [6, 6.07) is 5.71. The van der Waals surface area contributed by atoms with E-state index in [1.807, 2.05) is 18.2 Å². The second kappa shape index (κ2) is 4.71. The third kappa shape index (κ3) is 1.98. The maximum Gasteiger partial charge on any atom is 0.248 e. The van der Waals surface area contributed by atoms with Crippen LogP contribution in [0.3, 0.4) is 0 Å². The number of amides is 1. The van der Waals surface area contributed by atoms with Crippen LogP contribution in [0, 0.1) is 0 Å². The van der Waals surface area contributed by atoms with Crippen molar-refractivity contribution in [3.63, 3.8) is 0 Å². The van der Waals surface area contributed by atoms with Crippen LogP contribution in [0.15, 0.2) is 30.6 Å². The highest BCUT2D eigenvalue weighted by atomic mass is 32.1. The molecular weight excluding hydrogens is 296 g/mol. The molecule has 22 heavy (non-hydrogen) atoms. The number of primary amides is 1. The molecule has 1 aliphatic heterocycles. The lowest BCUT2D eigenvalue weighted by Gasteiger charge is -2.18. The molecule has 6 heteroatoms. The molecule has 0 radical (unpaired) electrons. The van der Waals surface area contributed by atoms with Crippen molar-refractivity contribution in [1.82, 2.24) is 9.97 Å². The summed E-state index contributed by atoms with van der Waals surface area (Å²) in [5, 5.41) is 0. The third-order valence-electron chi connectivity index (χ3n) is 4.57. The fraction of sp³-hybridized carbons (Fsp3) is 0.312. The minimum atomic E-state index is -0.411. The predicted molar refractivity (Wildman–Crippen MR) is 87.6 cm³/mol. The van der Waals surface area contributed by atoms with Crippen molar-refractivity contribution in [1.29, 1.82) is 0 Å². The summed E-state index contributed by atoms with van der Waals surface area (Å²) in [6.45, 7) is 0.866. The maximum atomic E-state index is 11.5. The summed E-state index contributed by atoms with van der Waals surface area (Å²) in [6.07, 6.45) is 5.93. The summed E-state index contributed by atoms with van der Waals surface area (Å²) in [7, 11) is 0. The number of rotatable bonds is 3.